The fourth-order valence-corrected chi connectivity index (χ4v) is 3.73. The molecule has 1 fully saturated rings. The Morgan fingerprint density at radius 2 is 2.09 bits per heavy atom. The highest BCUT2D eigenvalue weighted by Crippen LogP contribution is 2.39. The van der Waals surface area contributed by atoms with Crippen molar-refractivity contribution in [1.82, 2.24) is 4.72 Å². The van der Waals surface area contributed by atoms with Crippen molar-refractivity contribution in [3.63, 3.8) is 0 Å². The molecule has 0 radical (unpaired) electrons. The highest BCUT2D eigenvalue weighted by molar-refractivity contribution is 7.89. The number of rotatable bonds is 9. The molecule has 122 valence electrons. The second-order valence-corrected chi connectivity index (χ2v) is 7.53. The van der Waals surface area contributed by atoms with Gasteiger partial charge in [-0.1, -0.05) is 30.3 Å². The van der Waals surface area contributed by atoms with Gasteiger partial charge in [-0.2, -0.15) is 0 Å². The van der Waals surface area contributed by atoms with E-state index in [4.69, 9.17) is 9.84 Å². The van der Waals surface area contributed by atoms with E-state index < -0.39 is 21.9 Å². The van der Waals surface area contributed by atoms with Crippen LogP contribution < -0.4 is 4.72 Å². The first-order chi connectivity index (χ1) is 10.4. The smallest absolute Gasteiger partial charge is 0.306 e. The van der Waals surface area contributed by atoms with Gasteiger partial charge in [0.1, 0.15) is 0 Å². The Bertz CT molecular complexity index is 602. The molecular weight excluding hydrogens is 306 g/mol. The predicted molar refractivity (Wildman–Crippen MR) is 81.7 cm³/mol. The van der Waals surface area contributed by atoms with Gasteiger partial charge in [-0.3, -0.25) is 4.79 Å². The molecular formula is C15H21NO5S. The van der Waals surface area contributed by atoms with Gasteiger partial charge in [0.25, 0.3) is 0 Å². The molecule has 0 amide bonds. The van der Waals surface area contributed by atoms with Crippen LogP contribution in [0.15, 0.2) is 30.3 Å². The van der Waals surface area contributed by atoms with Crippen molar-refractivity contribution in [2.75, 3.05) is 12.3 Å². The molecule has 2 N–H and O–H groups in total. The fourth-order valence-electron chi connectivity index (χ4n) is 2.19. The minimum Gasteiger partial charge on any atom is -0.481 e. The number of nitrogens with one attached hydrogen (secondary N) is 1. The van der Waals surface area contributed by atoms with Crippen LogP contribution in [0.4, 0.5) is 0 Å². The number of benzene rings is 1. The van der Waals surface area contributed by atoms with Crippen molar-refractivity contribution in [1.29, 1.82) is 0 Å². The molecule has 1 aromatic carbocycles. The van der Waals surface area contributed by atoms with E-state index in [1.807, 2.05) is 30.3 Å². The van der Waals surface area contributed by atoms with Crippen LogP contribution in [0.25, 0.3) is 0 Å². The number of hydrogen-bond acceptors (Lipinski definition) is 4. The van der Waals surface area contributed by atoms with E-state index >= 15 is 0 Å². The van der Waals surface area contributed by atoms with Gasteiger partial charge in [0.05, 0.1) is 24.4 Å². The van der Waals surface area contributed by atoms with E-state index in [2.05, 4.69) is 4.72 Å². The van der Waals surface area contributed by atoms with Crippen LogP contribution in [0.3, 0.4) is 0 Å². The van der Waals surface area contributed by atoms with Crippen LogP contribution in [0.1, 0.15) is 18.9 Å². The number of carboxylic acid groups (broad SMARTS) is 1. The van der Waals surface area contributed by atoms with Gasteiger partial charge in [0.2, 0.25) is 10.0 Å². The molecule has 6 nitrogen and oxygen atoms in total. The monoisotopic (exact) mass is 327 g/mol. The summed E-state index contributed by atoms with van der Waals surface area (Å²) in [6.07, 6.45) is 0.181. The van der Waals surface area contributed by atoms with Gasteiger partial charge in [-0.15, -0.1) is 0 Å². The van der Waals surface area contributed by atoms with Gasteiger partial charge in [0.15, 0.2) is 0 Å². The zero-order chi connectivity index (χ0) is 16.2. The first kappa shape index (κ1) is 16.9. The van der Waals surface area contributed by atoms with Crippen LogP contribution in [0.2, 0.25) is 0 Å². The molecule has 2 rings (SSSR count). The average Bonchev–Trinajstić information content (AvgIpc) is 3.23. The van der Waals surface area contributed by atoms with Crippen molar-refractivity contribution in [3.8, 4) is 0 Å². The normalized spacial score (nSPS) is 22.2. The molecule has 0 spiro atoms. The van der Waals surface area contributed by atoms with E-state index in [1.54, 1.807) is 6.92 Å². The summed E-state index contributed by atoms with van der Waals surface area (Å²) in [7, 11) is -3.46. The van der Waals surface area contributed by atoms with Gasteiger partial charge in [0, 0.05) is 6.54 Å². The Labute approximate surface area is 130 Å². The topological polar surface area (TPSA) is 92.7 Å². The molecule has 1 aliphatic rings. The Morgan fingerprint density at radius 3 is 2.68 bits per heavy atom. The summed E-state index contributed by atoms with van der Waals surface area (Å²) < 4.78 is 31.8. The number of hydrogen-bond donors (Lipinski definition) is 2. The Balaban J connectivity index is 1.69. The van der Waals surface area contributed by atoms with E-state index in [0.29, 0.717) is 13.0 Å². The predicted octanol–water partition coefficient (Wildman–Crippen LogP) is 1.23. The second-order valence-electron chi connectivity index (χ2n) is 5.68. The lowest BCUT2D eigenvalue weighted by Crippen LogP contribution is -2.34. The highest BCUT2D eigenvalue weighted by atomic mass is 32.2. The minimum atomic E-state index is -3.46. The third kappa shape index (κ3) is 5.40. The molecule has 0 heterocycles. The minimum absolute atomic E-state index is 0.130. The quantitative estimate of drug-likeness (QED) is 0.712. The van der Waals surface area contributed by atoms with Crippen molar-refractivity contribution < 1.29 is 23.1 Å². The van der Waals surface area contributed by atoms with E-state index in [9.17, 15) is 13.2 Å². The second kappa shape index (κ2) is 7.21. The maximum atomic E-state index is 11.9. The van der Waals surface area contributed by atoms with Crippen LogP contribution >= 0.6 is 0 Å². The summed E-state index contributed by atoms with van der Waals surface area (Å²) >= 11 is 0. The standard InChI is InChI=1S/C15H21NO5S/c1-11(21-9-12-5-3-2-4-6-12)8-16-22(19,20)10-13-7-14(13)15(17)18/h2-6,11,13-14,16H,7-10H2,1H3,(H,17,18)/t11?,13-,14-/m0/s1. The van der Waals surface area contributed by atoms with E-state index in [-0.39, 0.29) is 24.3 Å². The van der Waals surface area contributed by atoms with Crippen LogP contribution in [0, 0.1) is 11.8 Å². The summed E-state index contributed by atoms with van der Waals surface area (Å²) in [5.74, 6) is -1.83. The number of aliphatic carboxylic acids is 1. The first-order valence-electron chi connectivity index (χ1n) is 7.23. The zero-order valence-electron chi connectivity index (χ0n) is 12.4. The molecule has 7 heteroatoms. The van der Waals surface area contributed by atoms with E-state index in [1.165, 1.54) is 0 Å². The molecule has 3 atom stereocenters. The van der Waals surface area contributed by atoms with Gasteiger partial charge in [-0.25, -0.2) is 13.1 Å². The van der Waals surface area contributed by atoms with Gasteiger partial charge in [-0.05, 0) is 24.8 Å². The van der Waals surface area contributed by atoms with Gasteiger partial charge >= 0.3 is 5.97 Å². The molecule has 0 aromatic heterocycles. The fraction of sp³-hybridized carbons (Fsp3) is 0.533. The lowest BCUT2D eigenvalue weighted by atomic mass is 10.2. The van der Waals surface area contributed by atoms with Crippen molar-refractivity contribution in [2.45, 2.75) is 26.1 Å². The largest absolute Gasteiger partial charge is 0.481 e. The molecule has 1 unspecified atom stereocenters. The first-order valence-corrected chi connectivity index (χ1v) is 8.88. The van der Waals surface area contributed by atoms with Crippen LogP contribution in [0.5, 0.6) is 0 Å². The van der Waals surface area contributed by atoms with Crippen LogP contribution in [-0.4, -0.2) is 37.9 Å². The maximum absolute atomic E-state index is 11.9. The molecule has 0 aliphatic heterocycles. The average molecular weight is 327 g/mol. The van der Waals surface area contributed by atoms with Crippen molar-refractivity contribution in [3.05, 3.63) is 35.9 Å². The lowest BCUT2D eigenvalue weighted by molar-refractivity contribution is -0.138. The molecule has 0 bridgehead atoms. The third-order valence-electron chi connectivity index (χ3n) is 3.64. The van der Waals surface area contributed by atoms with E-state index in [0.717, 1.165) is 5.56 Å². The summed E-state index contributed by atoms with van der Waals surface area (Å²) in [4.78, 5) is 10.7. The Morgan fingerprint density at radius 1 is 1.41 bits per heavy atom. The maximum Gasteiger partial charge on any atom is 0.306 e. The van der Waals surface area contributed by atoms with Gasteiger partial charge < -0.3 is 9.84 Å². The summed E-state index contributed by atoms with van der Waals surface area (Å²) in [6.45, 7) is 2.40. The molecule has 1 aromatic rings. The molecule has 1 aliphatic carbocycles. The number of carboxylic acids is 1. The molecule has 0 saturated heterocycles. The summed E-state index contributed by atoms with van der Waals surface area (Å²) in [5, 5.41) is 8.78. The number of carbonyl (C=O) groups is 1. The number of sulfonamides is 1. The molecule has 22 heavy (non-hydrogen) atoms. The van der Waals surface area contributed by atoms with Crippen LogP contribution in [-0.2, 0) is 26.2 Å². The Hall–Kier alpha value is -1.44. The molecule has 1 saturated carbocycles. The number of ether oxygens (including phenoxy) is 1. The summed E-state index contributed by atoms with van der Waals surface area (Å²) in [5.41, 5.74) is 1.03. The SMILES string of the molecule is CC(CNS(=O)(=O)C[C@@H]1C[C@@H]1C(=O)O)OCc1ccccc1. The van der Waals surface area contributed by atoms with Crippen molar-refractivity contribution in [2.24, 2.45) is 11.8 Å². The summed E-state index contributed by atoms with van der Waals surface area (Å²) in [6, 6.07) is 9.64. The third-order valence-corrected chi connectivity index (χ3v) is 5.11. The lowest BCUT2D eigenvalue weighted by Gasteiger charge is -2.14. The Kier molecular flexibility index (Phi) is 5.55. The van der Waals surface area contributed by atoms with Crippen molar-refractivity contribution >= 4 is 16.0 Å². The zero-order valence-corrected chi connectivity index (χ0v) is 13.3. The highest BCUT2D eigenvalue weighted by Gasteiger charge is 2.45.